The van der Waals surface area contributed by atoms with Crippen LogP contribution < -0.4 is 5.32 Å². The minimum atomic E-state index is 0.246. The predicted octanol–water partition coefficient (Wildman–Crippen LogP) is 2.62. The summed E-state index contributed by atoms with van der Waals surface area (Å²) < 4.78 is 1.03. The first-order chi connectivity index (χ1) is 8.69. The van der Waals surface area contributed by atoms with Gasteiger partial charge in [-0.25, -0.2) is 0 Å². The summed E-state index contributed by atoms with van der Waals surface area (Å²) in [6.45, 7) is 3.71. The molecule has 5 heteroatoms. The summed E-state index contributed by atoms with van der Waals surface area (Å²) in [4.78, 5) is 15.3. The molecule has 18 heavy (non-hydrogen) atoms. The van der Waals surface area contributed by atoms with E-state index in [1.807, 2.05) is 19.2 Å². The molecule has 1 aromatic heterocycles. The van der Waals surface area contributed by atoms with Crippen LogP contribution in [0.2, 0.25) is 0 Å². The summed E-state index contributed by atoms with van der Waals surface area (Å²) in [5.41, 5.74) is 0. The number of halogens is 1. The van der Waals surface area contributed by atoms with E-state index in [-0.39, 0.29) is 5.78 Å². The topological polar surface area (TPSA) is 32.3 Å². The Kier molecular flexibility index (Phi) is 5.36. The summed E-state index contributed by atoms with van der Waals surface area (Å²) >= 11 is 4.92. The first-order valence-corrected chi connectivity index (χ1v) is 7.95. The Morgan fingerprint density at radius 1 is 1.61 bits per heavy atom. The molecule has 2 heterocycles. The molecule has 0 aromatic carbocycles. The van der Waals surface area contributed by atoms with E-state index in [9.17, 15) is 4.79 Å². The van der Waals surface area contributed by atoms with Crippen LogP contribution in [0.5, 0.6) is 0 Å². The number of ketones is 1. The minimum absolute atomic E-state index is 0.246. The van der Waals surface area contributed by atoms with Gasteiger partial charge in [-0.2, -0.15) is 0 Å². The Hall–Kier alpha value is -0.230. The summed E-state index contributed by atoms with van der Waals surface area (Å²) in [6.07, 6.45) is 2.48. The van der Waals surface area contributed by atoms with E-state index in [0.29, 0.717) is 12.5 Å². The van der Waals surface area contributed by atoms with Crippen LogP contribution in [0.15, 0.2) is 15.9 Å². The second-order valence-corrected chi connectivity index (χ2v) is 7.29. The van der Waals surface area contributed by atoms with Gasteiger partial charge in [0.1, 0.15) is 0 Å². The zero-order valence-electron chi connectivity index (χ0n) is 10.6. The van der Waals surface area contributed by atoms with Crippen LogP contribution in [0.3, 0.4) is 0 Å². The zero-order chi connectivity index (χ0) is 13.0. The van der Waals surface area contributed by atoms with E-state index in [2.05, 4.69) is 26.1 Å². The normalized spacial score (nSPS) is 21.1. The van der Waals surface area contributed by atoms with Crippen molar-refractivity contribution < 1.29 is 4.79 Å². The maximum atomic E-state index is 12.1. The van der Waals surface area contributed by atoms with Gasteiger partial charge in [0.15, 0.2) is 5.78 Å². The lowest BCUT2D eigenvalue weighted by Crippen LogP contribution is -2.41. The van der Waals surface area contributed by atoms with E-state index < -0.39 is 0 Å². The van der Waals surface area contributed by atoms with Gasteiger partial charge >= 0.3 is 0 Å². The molecule has 0 amide bonds. The molecule has 0 bridgehead atoms. The maximum absolute atomic E-state index is 12.1. The van der Waals surface area contributed by atoms with Crippen molar-refractivity contribution in [3.63, 3.8) is 0 Å². The molecular formula is C13H19BrN2OS. The number of Topliss-reactive ketones (excluding diaryl/α,β-unsaturated/α-hetero) is 1. The van der Waals surface area contributed by atoms with E-state index >= 15 is 0 Å². The largest absolute Gasteiger partial charge is 0.319 e. The fraction of sp³-hybridized carbons (Fsp3) is 0.615. The molecule has 0 spiro atoms. The summed E-state index contributed by atoms with van der Waals surface area (Å²) in [5, 5.41) is 3.23. The molecule has 1 saturated heterocycles. The Balaban J connectivity index is 1.87. The van der Waals surface area contributed by atoms with Gasteiger partial charge < -0.3 is 5.32 Å². The standard InChI is InChI=1S/C13H19BrN2OS/c1-15-7-10-3-2-6-16(8-10)9-11(17)12-4-5-13(14)18-12/h4-5,10,15H,2-3,6-9H2,1H3. The highest BCUT2D eigenvalue weighted by molar-refractivity contribution is 9.11. The molecule has 0 aliphatic carbocycles. The highest BCUT2D eigenvalue weighted by Crippen LogP contribution is 2.23. The molecule has 1 aliphatic heterocycles. The summed E-state index contributed by atoms with van der Waals surface area (Å²) in [6, 6.07) is 3.85. The van der Waals surface area contributed by atoms with E-state index in [4.69, 9.17) is 0 Å². The van der Waals surface area contributed by atoms with Crippen LogP contribution in [-0.2, 0) is 0 Å². The lowest BCUT2D eigenvalue weighted by Gasteiger charge is -2.32. The summed E-state index contributed by atoms with van der Waals surface area (Å²) in [5.74, 6) is 0.933. The molecule has 1 unspecified atom stereocenters. The number of carbonyl (C=O) groups is 1. The molecule has 3 nitrogen and oxygen atoms in total. The quantitative estimate of drug-likeness (QED) is 0.842. The number of nitrogens with one attached hydrogen (secondary N) is 1. The molecule has 1 aromatic rings. The fourth-order valence-corrected chi connectivity index (χ4v) is 3.81. The molecule has 1 atom stereocenters. The van der Waals surface area contributed by atoms with Crippen molar-refractivity contribution in [3.05, 3.63) is 20.8 Å². The van der Waals surface area contributed by atoms with Crippen molar-refractivity contribution in [2.75, 3.05) is 33.2 Å². The van der Waals surface area contributed by atoms with Gasteiger partial charge in [-0.15, -0.1) is 11.3 Å². The first-order valence-electron chi connectivity index (χ1n) is 6.34. The Bertz CT molecular complexity index is 405. The first kappa shape index (κ1) is 14.2. The predicted molar refractivity (Wildman–Crippen MR) is 79.4 cm³/mol. The lowest BCUT2D eigenvalue weighted by atomic mass is 9.98. The van der Waals surface area contributed by atoms with Gasteiger partial charge in [-0.3, -0.25) is 9.69 Å². The number of hydrogen-bond acceptors (Lipinski definition) is 4. The van der Waals surface area contributed by atoms with Gasteiger partial charge in [0.05, 0.1) is 15.2 Å². The van der Waals surface area contributed by atoms with Crippen molar-refractivity contribution in [2.24, 2.45) is 5.92 Å². The number of likely N-dealkylation sites (tertiary alicyclic amines) is 1. The smallest absolute Gasteiger partial charge is 0.186 e. The van der Waals surface area contributed by atoms with Crippen molar-refractivity contribution >= 4 is 33.0 Å². The third kappa shape index (κ3) is 3.88. The van der Waals surface area contributed by atoms with Crippen LogP contribution in [-0.4, -0.2) is 43.9 Å². The van der Waals surface area contributed by atoms with Crippen LogP contribution >= 0.6 is 27.3 Å². The Labute approximate surface area is 121 Å². The average molecular weight is 331 g/mol. The number of carbonyl (C=O) groups excluding carboxylic acids is 1. The highest BCUT2D eigenvalue weighted by Gasteiger charge is 2.21. The molecule has 1 fully saturated rings. The van der Waals surface area contributed by atoms with Gasteiger partial charge in [0.25, 0.3) is 0 Å². The molecule has 1 N–H and O–H groups in total. The Morgan fingerprint density at radius 3 is 3.11 bits per heavy atom. The molecule has 2 rings (SSSR count). The van der Waals surface area contributed by atoms with E-state index in [0.717, 1.165) is 28.3 Å². The van der Waals surface area contributed by atoms with Crippen molar-refractivity contribution in [2.45, 2.75) is 12.8 Å². The molecule has 100 valence electrons. The van der Waals surface area contributed by atoms with Crippen LogP contribution in [0.1, 0.15) is 22.5 Å². The molecule has 1 aliphatic rings. The number of nitrogens with zero attached hydrogens (tertiary/aromatic N) is 1. The average Bonchev–Trinajstić information content (AvgIpc) is 2.77. The molecular weight excluding hydrogens is 312 g/mol. The van der Waals surface area contributed by atoms with Crippen LogP contribution in [0.25, 0.3) is 0 Å². The summed E-state index contributed by atoms with van der Waals surface area (Å²) in [7, 11) is 1.99. The minimum Gasteiger partial charge on any atom is -0.319 e. The number of thiophene rings is 1. The monoisotopic (exact) mass is 330 g/mol. The molecule has 0 saturated carbocycles. The van der Waals surface area contributed by atoms with Gasteiger partial charge in [-0.1, -0.05) is 0 Å². The van der Waals surface area contributed by atoms with E-state index in [1.54, 1.807) is 0 Å². The number of hydrogen-bond donors (Lipinski definition) is 1. The number of piperidine rings is 1. The van der Waals surface area contributed by atoms with Crippen molar-refractivity contribution in [1.82, 2.24) is 10.2 Å². The van der Waals surface area contributed by atoms with Crippen molar-refractivity contribution in [3.8, 4) is 0 Å². The van der Waals surface area contributed by atoms with Crippen molar-refractivity contribution in [1.29, 1.82) is 0 Å². The maximum Gasteiger partial charge on any atom is 0.186 e. The SMILES string of the molecule is CNCC1CCCN(CC(=O)c2ccc(Br)s2)C1. The van der Waals surface area contributed by atoms with E-state index in [1.165, 1.54) is 24.2 Å². The van der Waals surface area contributed by atoms with Gasteiger partial charge in [-0.05, 0) is 67.0 Å². The zero-order valence-corrected chi connectivity index (χ0v) is 13.0. The van der Waals surface area contributed by atoms with Crippen LogP contribution in [0.4, 0.5) is 0 Å². The second-order valence-electron chi connectivity index (χ2n) is 4.83. The van der Waals surface area contributed by atoms with Gasteiger partial charge in [0.2, 0.25) is 0 Å². The second kappa shape index (κ2) is 6.80. The van der Waals surface area contributed by atoms with Crippen LogP contribution in [0, 0.1) is 5.92 Å². The third-order valence-electron chi connectivity index (χ3n) is 3.31. The third-order valence-corrected chi connectivity index (χ3v) is 4.98. The molecule has 0 radical (unpaired) electrons. The fourth-order valence-electron chi connectivity index (χ4n) is 2.50. The lowest BCUT2D eigenvalue weighted by molar-refractivity contribution is 0.0890. The Morgan fingerprint density at radius 2 is 2.44 bits per heavy atom. The van der Waals surface area contributed by atoms with Gasteiger partial charge in [0, 0.05) is 6.54 Å². The highest BCUT2D eigenvalue weighted by atomic mass is 79.9. The number of rotatable bonds is 5.